The average Bonchev–Trinajstić information content (AvgIpc) is 3.24. The molecule has 130 valence electrons. The summed E-state index contributed by atoms with van der Waals surface area (Å²) in [6.45, 7) is 1.20. The van der Waals surface area contributed by atoms with Gasteiger partial charge < -0.3 is 23.9 Å². The molecule has 1 aromatic carbocycles. The lowest BCUT2D eigenvalue weighted by Crippen LogP contribution is -2.36. The zero-order chi connectivity index (χ0) is 17.6. The van der Waals surface area contributed by atoms with Gasteiger partial charge in [-0.05, 0) is 18.2 Å². The van der Waals surface area contributed by atoms with Crippen molar-refractivity contribution in [3.8, 4) is 11.5 Å². The minimum absolute atomic E-state index is 0.0111. The fourth-order valence-electron chi connectivity index (χ4n) is 3.50. The zero-order valence-electron chi connectivity index (χ0n) is 14.5. The van der Waals surface area contributed by atoms with Crippen LogP contribution in [0.1, 0.15) is 21.9 Å². The van der Waals surface area contributed by atoms with Crippen molar-refractivity contribution in [2.24, 2.45) is 7.05 Å². The SMILES string of the molecule is COc1ccc(OC)c2c1cc(C(=O)N1CCc3nc[nH]c3C1)n2C. The fraction of sp³-hybridized carbons (Fsp3) is 0.333. The number of ether oxygens (including phenoxy) is 2. The minimum Gasteiger partial charge on any atom is -0.496 e. The maximum absolute atomic E-state index is 13.1. The van der Waals surface area contributed by atoms with Crippen LogP contribution in [0.15, 0.2) is 24.5 Å². The summed E-state index contributed by atoms with van der Waals surface area (Å²) < 4.78 is 12.8. The highest BCUT2D eigenvalue weighted by molar-refractivity contribution is 6.02. The predicted octanol–water partition coefficient (Wildman–Crippen LogP) is 2.12. The largest absolute Gasteiger partial charge is 0.496 e. The van der Waals surface area contributed by atoms with Crippen molar-refractivity contribution in [1.29, 1.82) is 0 Å². The Morgan fingerprint density at radius 3 is 2.76 bits per heavy atom. The number of H-pyrrole nitrogens is 1. The molecule has 0 bridgehead atoms. The Labute approximate surface area is 145 Å². The van der Waals surface area contributed by atoms with E-state index in [1.165, 1.54) is 0 Å². The number of fused-ring (bicyclic) bond motifs is 2. The molecule has 3 aromatic rings. The second-order valence-corrected chi connectivity index (χ2v) is 6.13. The Kier molecular flexibility index (Phi) is 3.63. The van der Waals surface area contributed by atoms with E-state index >= 15 is 0 Å². The highest BCUT2D eigenvalue weighted by Gasteiger charge is 2.26. The summed E-state index contributed by atoms with van der Waals surface area (Å²) in [6, 6.07) is 5.59. The van der Waals surface area contributed by atoms with Gasteiger partial charge in [-0.2, -0.15) is 0 Å². The summed E-state index contributed by atoms with van der Waals surface area (Å²) >= 11 is 0. The number of nitrogens with one attached hydrogen (secondary N) is 1. The molecule has 0 atom stereocenters. The molecule has 0 saturated heterocycles. The molecule has 0 radical (unpaired) electrons. The van der Waals surface area contributed by atoms with Crippen molar-refractivity contribution in [3.63, 3.8) is 0 Å². The number of rotatable bonds is 3. The van der Waals surface area contributed by atoms with Crippen LogP contribution in [-0.2, 0) is 20.0 Å². The van der Waals surface area contributed by atoms with E-state index in [-0.39, 0.29) is 5.91 Å². The van der Waals surface area contributed by atoms with E-state index in [0.717, 1.165) is 34.5 Å². The van der Waals surface area contributed by atoms with E-state index in [0.29, 0.717) is 24.5 Å². The molecule has 0 spiro atoms. The lowest BCUT2D eigenvalue weighted by molar-refractivity contribution is 0.0722. The maximum atomic E-state index is 13.1. The van der Waals surface area contributed by atoms with Gasteiger partial charge in [0, 0.05) is 25.4 Å². The highest BCUT2D eigenvalue weighted by atomic mass is 16.5. The molecular weight excluding hydrogens is 320 g/mol. The van der Waals surface area contributed by atoms with E-state index in [2.05, 4.69) is 9.97 Å². The van der Waals surface area contributed by atoms with Crippen molar-refractivity contribution in [2.45, 2.75) is 13.0 Å². The second kappa shape index (κ2) is 5.84. The van der Waals surface area contributed by atoms with Gasteiger partial charge in [0.2, 0.25) is 0 Å². The molecule has 3 heterocycles. The molecule has 0 aliphatic carbocycles. The molecule has 0 unspecified atom stereocenters. The number of methoxy groups -OCH3 is 2. The number of benzene rings is 1. The first-order valence-corrected chi connectivity index (χ1v) is 8.14. The summed E-state index contributed by atoms with van der Waals surface area (Å²) in [7, 11) is 5.13. The number of aryl methyl sites for hydroxylation is 1. The predicted molar refractivity (Wildman–Crippen MR) is 93.1 cm³/mol. The van der Waals surface area contributed by atoms with Crippen LogP contribution in [0, 0.1) is 0 Å². The van der Waals surface area contributed by atoms with Crippen LogP contribution in [0.3, 0.4) is 0 Å². The van der Waals surface area contributed by atoms with Crippen LogP contribution in [0.25, 0.3) is 10.9 Å². The Morgan fingerprint density at radius 1 is 1.24 bits per heavy atom. The van der Waals surface area contributed by atoms with Crippen LogP contribution in [-0.4, -0.2) is 46.1 Å². The smallest absolute Gasteiger partial charge is 0.270 e. The lowest BCUT2D eigenvalue weighted by atomic mass is 10.1. The van der Waals surface area contributed by atoms with E-state index in [9.17, 15) is 4.79 Å². The average molecular weight is 340 g/mol. The number of aromatic amines is 1. The second-order valence-electron chi connectivity index (χ2n) is 6.13. The first-order chi connectivity index (χ1) is 12.1. The Morgan fingerprint density at radius 2 is 2.00 bits per heavy atom. The first kappa shape index (κ1) is 15.6. The molecule has 1 amide bonds. The molecular formula is C18H20N4O3. The van der Waals surface area contributed by atoms with Gasteiger partial charge in [0.25, 0.3) is 5.91 Å². The molecule has 1 N–H and O–H groups in total. The van der Waals surface area contributed by atoms with Gasteiger partial charge in [0.05, 0.1) is 44.0 Å². The molecule has 25 heavy (non-hydrogen) atoms. The number of aromatic nitrogens is 3. The van der Waals surface area contributed by atoms with Gasteiger partial charge in [-0.3, -0.25) is 4.79 Å². The Bertz CT molecular complexity index is 957. The number of carbonyl (C=O) groups excluding carboxylic acids is 1. The third kappa shape index (κ3) is 2.34. The zero-order valence-corrected chi connectivity index (χ0v) is 14.5. The van der Waals surface area contributed by atoms with Gasteiger partial charge in [0.15, 0.2) is 0 Å². The first-order valence-electron chi connectivity index (χ1n) is 8.14. The Balaban J connectivity index is 1.77. The summed E-state index contributed by atoms with van der Waals surface area (Å²) in [5, 5.41) is 0.868. The highest BCUT2D eigenvalue weighted by Crippen LogP contribution is 2.35. The molecule has 1 aliphatic heterocycles. The van der Waals surface area contributed by atoms with Crippen molar-refractivity contribution in [3.05, 3.63) is 41.6 Å². The normalized spacial score (nSPS) is 13.8. The number of imidazole rings is 1. The van der Waals surface area contributed by atoms with Crippen LogP contribution in [0.4, 0.5) is 0 Å². The van der Waals surface area contributed by atoms with Gasteiger partial charge in [-0.25, -0.2) is 4.98 Å². The molecule has 7 heteroatoms. The van der Waals surface area contributed by atoms with E-state index in [1.807, 2.05) is 34.7 Å². The third-order valence-electron chi connectivity index (χ3n) is 4.84. The van der Waals surface area contributed by atoms with Crippen molar-refractivity contribution in [2.75, 3.05) is 20.8 Å². The van der Waals surface area contributed by atoms with Crippen LogP contribution in [0.5, 0.6) is 11.5 Å². The van der Waals surface area contributed by atoms with Crippen LogP contribution >= 0.6 is 0 Å². The molecule has 0 saturated carbocycles. The van der Waals surface area contributed by atoms with E-state index in [4.69, 9.17) is 9.47 Å². The van der Waals surface area contributed by atoms with Crippen LogP contribution < -0.4 is 9.47 Å². The van der Waals surface area contributed by atoms with Gasteiger partial charge in [-0.1, -0.05) is 0 Å². The van der Waals surface area contributed by atoms with E-state index in [1.54, 1.807) is 20.5 Å². The minimum atomic E-state index is -0.0111. The van der Waals surface area contributed by atoms with Gasteiger partial charge >= 0.3 is 0 Å². The van der Waals surface area contributed by atoms with E-state index < -0.39 is 0 Å². The number of hydrogen-bond donors (Lipinski definition) is 1. The maximum Gasteiger partial charge on any atom is 0.270 e. The number of nitrogens with zero attached hydrogens (tertiary/aromatic N) is 3. The van der Waals surface area contributed by atoms with Crippen molar-refractivity contribution in [1.82, 2.24) is 19.4 Å². The van der Waals surface area contributed by atoms with Crippen molar-refractivity contribution < 1.29 is 14.3 Å². The Hall–Kier alpha value is -2.96. The lowest BCUT2D eigenvalue weighted by Gasteiger charge is -2.26. The molecule has 2 aromatic heterocycles. The molecule has 4 rings (SSSR count). The third-order valence-corrected chi connectivity index (χ3v) is 4.84. The number of amides is 1. The topological polar surface area (TPSA) is 72.4 Å². The number of hydrogen-bond acceptors (Lipinski definition) is 4. The summed E-state index contributed by atoms with van der Waals surface area (Å²) in [5.41, 5.74) is 3.52. The summed E-state index contributed by atoms with van der Waals surface area (Å²) in [4.78, 5) is 22.4. The standard InChI is InChI=1S/C18H20N4O3/c1-21-14(8-11-15(24-2)4-5-16(25-3)17(11)21)18(23)22-7-6-12-13(9-22)20-10-19-12/h4-5,8,10H,6-7,9H2,1-3H3,(H,19,20). The summed E-state index contributed by atoms with van der Waals surface area (Å²) in [5.74, 6) is 1.43. The fourth-order valence-corrected chi connectivity index (χ4v) is 3.50. The van der Waals surface area contributed by atoms with Gasteiger partial charge in [0.1, 0.15) is 17.2 Å². The monoisotopic (exact) mass is 340 g/mol. The molecule has 7 nitrogen and oxygen atoms in total. The number of carbonyl (C=O) groups is 1. The molecule has 0 fully saturated rings. The van der Waals surface area contributed by atoms with Crippen LogP contribution in [0.2, 0.25) is 0 Å². The van der Waals surface area contributed by atoms with Gasteiger partial charge in [-0.15, -0.1) is 0 Å². The molecule has 1 aliphatic rings. The van der Waals surface area contributed by atoms with Crippen molar-refractivity contribution >= 4 is 16.8 Å². The summed E-state index contributed by atoms with van der Waals surface area (Å²) in [6.07, 6.45) is 2.45. The quantitative estimate of drug-likeness (QED) is 0.793.